The topological polar surface area (TPSA) is 73.8 Å². The van der Waals surface area contributed by atoms with Crippen LogP contribution in [0, 0.1) is 10.1 Å². The van der Waals surface area contributed by atoms with Gasteiger partial charge in [-0.3, -0.25) is 14.8 Å². The molecule has 4 aromatic rings. The molecule has 0 atom stereocenters. The fourth-order valence-corrected chi connectivity index (χ4v) is 2.89. The maximum absolute atomic E-state index is 11.2. The largest absolute Gasteiger partial charge is 0.295 e. The van der Waals surface area contributed by atoms with Gasteiger partial charge in [-0.25, -0.2) is 4.98 Å². The Morgan fingerprint density at radius 3 is 2.67 bits per heavy atom. The summed E-state index contributed by atoms with van der Waals surface area (Å²) in [5, 5.41) is 16.3. The molecule has 2 aromatic carbocycles. The van der Waals surface area contributed by atoms with Crippen molar-refractivity contribution in [2.24, 2.45) is 0 Å². The maximum atomic E-state index is 11.2. The first-order valence-corrected chi connectivity index (χ1v) is 8.48. The highest BCUT2D eigenvalue weighted by Crippen LogP contribution is 2.24. The molecule has 0 aliphatic carbocycles. The normalized spacial score (nSPS) is 11.3. The van der Waals surface area contributed by atoms with Gasteiger partial charge in [0.1, 0.15) is 5.52 Å². The lowest BCUT2D eigenvalue weighted by atomic mass is 10.1. The Morgan fingerprint density at radius 2 is 1.85 bits per heavy atom. The number of aromatic nitrogens is 3. The predicted molar refractivity (Wildman–Crippen MR) is 105 cm³/mol. The smallest absolute Gasteiger partial charge is 0.268 e. The molecule has 0 saturated heterocycles. The van der Waals surface area contributed by atoms with Gasteiger partial charge in [0.2, 0.25) is 0 Å². The van der Waals surface area contributed by atoms with Gasteiger partial charge in [-0.05, 0) is 23.8 Å². The maximum Gasteiger partial charge on any atom is 0.295 e. The Labute approximate surface area is 155 Å². The summed E-state index contributed by atoms with van der Waals surface area (Å²) in [5.41, 5.74) is 3.19. The van der Waals surface area contributed by atoms with Crippen molar-refractivity contribution >= 4 is 28.7 Å². The van der Waals surface area contributed by atoms with Crippen molar-refractivity contribution in [2.45, 2.75) is 6.54 Å². The molecule has 0 spiro atoms. The molecule has 27 heavy (non-hydrogen) atoms. The van der Waals surface area contributed by atoms with Crippen LogP contribution in [-0.2, 0) is 6.54 Å². The second-order valence-corrected chi connectivity index (χ2v) is 6.13. The highest BCUT2D eigenvalue weighted by atomic mass is 16.6. The van der Waals surface area contributed by atoms with E-state index < -0.39 is 4.92 Å². The zero-order chi connectivity index (χ0) is 18.6. The van der Waals surface area contributed by atoms with E-state index in [4.69, 9.17) is 0 Å². The molecule has 2 heterocycles. The number of non-ortho nitro benzene ring substituents is 1. The fraction of sp³-hybridized carbons (Fsp3) is 0.0476. The monoisotopic (exact) mass is 356 g/mol. The second-order valence-electron chi connectivity index (χ2n) is 6.13. The van der Waals surface area contributed by atoms with E-state index >= 15 is 0 Å². The van der Waals surface area contributed by atoms with Crippen molar-refractivity contribution in [1.82, 2.24) is 14.8 Å². The molecule has 6 heteroatoms. The van der Waals surface area contributed by atoms with Gasteiger partial charge in [0, 0.05) is 23.2 Å². The van der Waals surface area contributed by atoms with Gasteiger partial charge in [0.05, 0.1) is 23.4 Å². The highest BCUT2D eigenvalue weighted by molar-refractivity contribution is 5.88. The number of para-hydroxylation sites is 1. The molecular formula is C21H16N4O2. The van der Waals surface area contributed by atoms with E-state index in [2.05, 4.69) is 22.2 Å². The summed E-state index contributed by atoms with van der Waals surface area (Å²) in [5.74, 6) is 0. The van der Waals surface area contributed by atoms with Gasteiger partial charge in [-0.15, -0.1) is 0 Å². The predicted octanol–water partition coefficient (Wildman–Crippen LogP) is 4.56. The number of fused-ring (bicyclic) bond motifs is 1. The lowest BCUT2D eigenvalue weighted by Crippen LogP contribution is -1.99. The first-order chi connectivity index (χ1) is 13.2. The van der Waals surface area contributed by atoms with E-state index in [0.29, 0.717) is 17.8 Å². The number of nitrogens with zero attached hydrogens (tertiary/aromatic N) is 4. The van der Waals surface area contributed by atoms with Crippen LogP contribution in [-0.4, -0.2) is 19.7 Å². The SMILES string of the molecule is O=[N+]([O-])c1cccc2ccc(C=Cc3cnn(Cc4ccccc4)c3)nc12. The van der Waals surface area contributed by atoms with Gasteiger partial charge in [-0.2, -0.15) is 5.10 Å². The Kier molecular flexibility index (Phi) is 4.45. The lowest BCUT2D eigenvalue weighted by Gasteiger charge is -2.00. The Morgan fingerprint density at radius 1 is 1.00 bits per heavy atom. The minimum atomic E-state index is -0.406. The highest BCUT2D eigenvalue weighted by Gasteiger charge is 2.12. The Hall–Kier alpha value is -3.80. The van der Waals surface area contributed by atoms with E-state index in [1.54, 1.807) is 12.3 Å². The van der Waals surface area contributed by atoms with Crippen molar-refractivity contribution in [3.05, 3.63) is 100.0 Å². The van der Waals surface area contributed by atoms with Crippen LogP contribution < -0.4 is 0 Å². The van der Waals surface area contributed by atoms with Gasteiger partial charge < -0.3 is 0 Å². The molecule has 0 aliphatic heterocycles. The number of hydrogen-bond donors (Lipinski definition) is 0. The quantitative estimate of drug-likeness (QED) is 0.388. The lowest BCUT2D eigenvalue weighted by molar-refractivity contribution is -0.383. The average Bonchev–Trinajstić information content (AvgIpc) is 3.13. The van der Waals surface area contributed by atoms with Gasteiger partial charge in [-0.1, -0.05) is 48.5 Å². The molecule has 0 fully saturated rings. The number of nitro groups is 1. The second kappa shape index (κ2) is 7.21. The number of rotatable bonds is 5. The minimum absolute atomic E-state index is 0.0124. The number of benzene rings is 2. The molecule has 132 valence electrons. The van der Waals surface area contributed by atoms with Crippen LogP contribution in [0.15, 0.2) is 73.1 Å². The zero-order valence-electron chi connectivity index (χ0n) is 14.4. The minimum Gasteiger partial charge on any atom is -0.268 e. The molecule has 4 rings (SSSR count). The third kappa shape index (κ3) is 3.74. The fourth-order valence-electron chi connectivity index (χ4n) is 2.89. The van der Waals surface area contributed by atoms with Crippen LogP contribution in [0.3, 0.4) is 0 Å². The summed E-state index contributed by atoms with van der Waals surface area (Å²) in [6, 6.07) is 18.7. The number of pyridine rings is 1. The van der Waals surface area contributed by atoms with Gasteiger partial charge in [0.25, 0.3) is 5.69 Å². The van der Waals surface area contributed by atoms with Crippen molar-refractivity contribution in [3.8, 4) is 0 Å². The van der Waals surface area contributed by atoms with Crippen molar-refractivity contribution < 1.29 is 4.92 Å². The van der Waals surface area contributed by atoms with Crippen LogP contribution in [0.25, 0.3) is 23.1 Å². The van der Waals surface area contributed by atoms with Crippen LogP contribution >= 0.6 is 0 Å². The number of hydrogen-bond acceptors (Lipinski definition) is 4. The zero-order valence-corrected chi connectivity index (χ0v) is 14.4. The van der Waals surface area contributed by atoms with E-state index in [1.807, 2.05) is 59.4 Å². The van der Waals surface area contributed by atoms with E-state index in [1.165, 1.54) is 11.6 Å². The molecule has 6 nitrogen and oxygen atoms in total. The van der Waals surface area contributed by atoms with Crippen molar-refractivity contribution in [3.63, 3.8) is 0 Å². The molecule has 2 aromatic heterocycles. The standard InChI is InChI=1S/C21H16N4O2/c26-25(27)20-8-4-7-18-10-12-19(23-21(18)20)11-9-17-13-22-24(15-17)14-16-5-2-1-3-6-16/h1-13,15H,14H2. The van der Waals surface area contributed by atoms with Gasteiger partial charge in [0.15, 0.2) is 0 Å². The molecule has 0 unspecified atom stereocenters. The van der Waals surface area contributed by atoms with Crippen LogP contribution in [0.4, 0.5) is 5.69 Å². The van der Waals surface area contributed by atoms with Gasteiger partial charge >= 0.3 is 0 Å². The molecule has 0 saturated carbocycles. The summed E-state index contributed by atoms with van der Waals surface area (Å²) in [4.78, 5) is 15.2. The summed E-state index contributed by atoms with van der Waals surface area (Å²) in [7, 11) is 0. The molecular weight excluding hydrogens is 340 g/mol. The van der Waals surface area contributed by atoms with E-state index in [0.717, 1.165) is 10.9 Å². The van der Waals surface area contributed by atoms with Crippen LogP contribution in [0.2, 0.25) is 0 Å². The Bertz CT molecular complexity index is 1130. The summed E-state index contributed by atoms with van der Waals surface area (Å²) in [6.07, 6.45) is 7.47. The van der Waals surface area contributed by atoms with E-state index in [-0.39, 0.29) is 5.69 Å². The Balaban J connectivity index is 1.56. The molecule has 0 bridgehead atoms. The molecule has 0 amide bonds. The van der Waals surface area contributed by atoms with E-state index in [9.17, 15) is 10.1 Å². The van der Waals surface area contributed by atoms with Crippen LogP contribution in [0.1, 0.15) is 16.8 Å². The molecule has 0 N–H and O–H groups in total. The summed E-state index contributed by atoms with van der Waals surface area (Å²) in [6.45, 7) is 0.703. The number of nitro benzene ring substituents is 1. The molecule has 0 aliphatic rings. The molecule has 0 radical (unpaired) electrons. The van der Waals surface area contributed by atoms with Crippen molar-refractivity contribution in [1.29, 1.82) is 0 Å². The average molecular weight is 356 g/mol. The van der Waals surface area contributed by atoms with Crippen molar-refractivity contribution in [2.75, 3.05) is 0 Å². The first kappa shape index (κ1) is 16.7. The third-order valence-corrected chi connectivity index (χ3v) is 4.20. The first-order valence-electron chi connectivity index (χ1n) is 8.48. The summed E-state index contributed by atoms with van der Waals surface area (Å²) >= 11 is 0. The van der Waals surface area contributed by atoms with Crippen LogP contribution in [0.5, 0.6) is 0 Å². The third-order valence-electron chi connectivity index (χ3n) is 4.20. The summed E-state index contributed by atoms with van der Waals surface area (Å²) < 4.78 is 1.87.